The van der Waals surface area contributed by atoms with Gasteiger partial charge in [-0.1, -0.05) is 24.3 Å². The lowest BCUT2D eigenvalue weighted by molar-refractivity contribution is 0.0950. The number of nitrogens with one attached hydrogen (secondary N) is 1. The van der Waals surface area contributed by atoms with E-state index in [1.807, 2.05) is 49.4 Å². The minimum Gasteiger partial charge on any atom is -0.436 e. The van der Waals surface area contributed by atoms with Crippen LogP contribution in [-0.4, -0.2) is 25.3 Å². The summed E-state index contributed by atoms with van der Waals surface area (Å²) in [7, 11) is 0. The summed E-state index contributed by atoms with van der Waals surface area (Å²) in [5, 5.41) is 2.91. The van der Waals surface area contributed by atoms with Crippen molar-refractivity contribution in [2.45, 2.75) is 13.5 Å². The van der Waals surface area contributed by atoms with E-state index < -0.39 is 0 Å². The Balaban J connectivity index is 1.29. The molecular weight excluding hydrogens is 366 g/mol. The van der Waals surface area contributed by atoms with E-state index in [2.05, 4.69) is 20.3 Å². The lowest BCUT2D eigenvalue weighted by Crippen LogP contribution is -2.23. The molecule has 29 heavy (non-hydrogen) atoms. The summed E-state index contributed by atoms with van der Waals surface area (Å²) in [6, 6.07) is 13.7. The highest BCUT2D eigenvalue weighted by atomic mass is 16.3. The molecule has 0 radical (unpaired) electrons. The molecule has 0 aliphatic rings. The number of imidazole rings is 1. The predicted molar refractivity (Wildman–Crippen MR) is 108 cm³/mol. The molecule has 7 nitrogen and oxygen atoms in total. The third kappa shape index (κ3) is 3.23. The van der Waals surface area contributed by atoms with Gasteiger partial charge in [0, 0.05) is 36.9 Å². The summed E-state index contributed by atoms with van der Waals surface area (Å²) >= 11 is 0. The van der Waals surface area contributed by atoms with Crippen LogP contribution in [0.3, 0.4) is 0 Å². The number of aryl methyl sites for hydroxylation is 1. The van der Waals surface area contributed by atoms with Crippen molar-refractivity contribution in [1.29, 1.82) is 0 Å². The van der Waals surface area contributed by atoms with Crippen LogP contribution in [-0.2, 0) is 6.54 Å². The molecule has 3 aromatic heterocycles. The van der Waals surface area contributed by atoms with Crippen LogP contribution in [0, 0.1) is 6.92 Å². The Morgan fingerprint density at radius 3 is 2.83 bits per heavy atom. The van der Waals surface area contributed by atoms with Gasteiger partial charge in [-0.2, -0.15) is 0 Å². The molecule has 2 aromatic carbocycles. The zero-order valence-corrected chi connectivity index (χ0v) is 15.7. The highest BCUT2D eigenvalue weighted by molar-refractivity contribution is 5.93. The van der Waals surface area contributed by atoms with E-state index in [4.69, 9.17) is 4.42 Å². The molecule has 5 rings (SSSR count). The average Bonchev–Trinajstić information content (AvgIpc) is 3.39. The van der Waals surface area contributed by atoms with Gasteiger partial charge in [0.25, 0.3) is 5.91 Å². The van der Waals surface area contributed by atoms with Crippen LogP contribution in [0.4, 0.5) is 0 Å². The van der Waals surface area contributed by atoms with Crippen molar-refractivity contribution in [3.63, 3.8) is 0 Å². The van der Waals surface area contributed by atoms with E-state index in [0.717, 1.165) is 27.8 Å². The summed E-state index contributed by atoms with van der Waals surface area (Å²) in [4.78, 5) is 25.2. The number of carbonyl (C=O) groups is 1. The SMILES string of the molecule is Cc1cccc2nc(-c3ccc(CNC(=O)c4cnc5nccn5c4)cc3)oc12. The number of hydrogen-bond donors (Lipinski definition) is 1. The molecule has 0 aliphatic carbocycles. The zero-order valence-electron chi connectivity index (χ0n) is 15.7. The second-order valence-corrected chi connectivity index (χ2v) is 6.80. The van der Waals surface area contributed by atoms with Crippen LogP contribution in [0.15, 0.2) is 71.7 Å². The smallest absolute Gasteiger partial charge is 0.254 e. The highest BCUT2D eigenvalue weighted by Gasteiger charge is 2.11. The van der Waals surface area contributed by atoms with Gasteiger partial charge in [-0.3, -0.25) is 9.20 Å². The van der Waals surface area contributed by atoms with Crippen LogP contribution < -0.4 is 5.32 Å². The second kappa shape index (κ2) is 6.87. The van der Waals surface area contributed by atoms with Crippen molar-refractivity contribution in [1.82, 2.24) is 24.7 Å². The number of fused-ring (bicyclic) bond motifs is 2. The summed E-state index contributed by atoms with van der Waals surface area (Å²) in [6.45, 7) is 2.41. The van der Waals surface area contributed by atoms with Crippen molar-refractivity contribution in [3.05, 3.63) is 83.9 Å². The molecule has 5 aromatic rings. The molecule has 1 N–H and O–H groups in total. The van der Waals surface area contributed by atoms with Gasteiger partial charge in [0.05, 0.1) is 5.56 Å². The van der Waals surface area contributed by atoms with E-state index in [1.165, 1.54) is 6.20 Å². The maximum Gasteiger partial charge on any atom is 0.254 e. The highest BCUT2D eigenvalue weighted by Crippen LogP contribution is 2.26. The number of carbonyl (C=O) groups excluding carboxylic acids is 1. The fraction of sp³-hybridized carbons (Fsp3) is 0.0909. The number of hydrogen-bond acceptors (Lipinski definition) is 5. The topological polar surface area (TPSA) is 85.3 Å². The number of benzene rings is 2. The maximum absolute atomic E-state index is 12.4. The molecule has 3 heterocycles. The van der Waals surface area contributed by atoms with E-state index in [-0.39, 0.29) is 5.91 Å². The molecular formula is C22H17N5O2. The van der Waals surface area contributed by atoms with E-state index in [9.17, 15) is 4.79 Å². The number of para-hydroxylation sites is 1. The number of amides is 1. The Bertz CT molecular complexity index is 1330. The summed E-state index contributed by atoms with van der Waals surface area (Å²) in [6.07, 6.45) is 6.63. The molecule has 0 atom stereocenters. The van der Waals surface area contributed by atoms with Crippen LogP contribution in [0.5, 0.6) is 0 Å². The third-order valence-corrected chi connectivity index (χ3v) is 4.77. The summed E-state index contributed by atoms with van der Waals surface area (Å²) in [5.74, 6) is 0.961. The van der Waals surface area contributed by atoms with Crippen LogP contribution in [0.2, 0.25) is 0 Å². The molecule has 1 amide bonds. The Morgan fingerprint density at radius 1 is 1.14 bits per heavy atom. The molecule has 0 fully saturated rings. The molecule has 0 unspecified atom stereocenters. The van der Waals surface area contributed by atoms with Gasteiger partial charge in [0.15, 0.2) is 5.58 Å². The van der Waals surface area contributed by atoms with Crippen molar-refractivity contribution in [3.8, 4) is 11.5 Å². The lowest BCUT2D eigenvalue weighted by Gasteiger charge is -2.06. The van der Waals surface area contributed by atoms with E-state index >= 15 is 0 Å². The molecule has 0 bridgehead atoms. The molecule has 0 aliphatic heterocycles. The van der Waals surface area contributed by atoms with E-state index in [1.54, 1.807) is 23.0 Å². The van der Waals surface area contributed by atoms with Crippen molar-refractivity contribution in [2.24, 2.45) is 0 Å². The minimum absolute atomic E-state index is 0.188. The maximum atomic E-state index is 12.4. The first-order valence-corrected chi connectivity index (χ1v) is 9.20. The van der Waals surface area contributed by atoms with Gasteiger partial charge in [0.2, 0.25) is 11.7 Å². The minimum atomic E-state index is -0.188. The average molecular weight is 383 g/mol. The first kappa shape index (κ1) is 17.1. The Kier molecular flexibility index (Phi) is 4.05. The van der Waals surface area contributed by atoms with Crippen LogP contribution in [0.1, 0.15) is 21.5 Å². The van der Waals surface area contributed by atoms with Crippen molar-refractivity contribution < 1.29 is 9.21 Å². The van der Waals surface area contributed by atoms with E-state index in [0.29, 0.717) is 23.8 Å². The van der Waals surface area contributed by atoms with Gasteiger partial charge in [-0.15, -0.1) is 0 Å². The summed E-state index contributed by atoms with van der Waals surface area (Å²) in [5.41, 5.74) is 5.07. The molecule has 142 valence electrons. The van der Waals surface area contributed by atoms with Gasteiger partial charge < -0.3 is 9.73 Å². The van der Waals surface area contributed by atoms with Gasteiger partial charge >= 0.3 is 0 Å². The number of oxazole rings is 1. The number of rotatable bonds is 4. The van der Waals surface area contributed by atoms with Gasteiger partial charge in [-0.25, -0.2) is 15.0 Å². The monoisotopic (exact) mass is 383 g/mol. The standard InChI is InChI=1S/C22H17N5O2/c1-14-3-2-4-18-19(14)29-21(26-18)16-7-5-15(6-8-16)11-24-20(28)17-12-25-22-23-9-10-27(22)13-17/h2-10,12-13H,11H2,1H3,(H,24,28). The second-order valence-electron chi connectivity index (χ2n) is 6.80. The Morgan fingerprint density at radius 2 is 2.00 bits per heavy atom. The van der Waals surface area contributed by atoms with Crippen LogP contribution >= 0.6 is 0 Å². The molecule has 0 saturated heterocycles. The first-order chi connectivity index (χ1) is 14.2. The van der Waals surface area contributed by atoms with Crippen molar-refractivity contribution >= 4 is 22.8 Å². The van der Waals surface area contributed by atoms with Crippen LogP contribution in [0.25, 0.3) is 28.3 Å². The van der Waals surface area contributed by atoms with Gasteiger partial charge in [0.1, 0.15) is 5.52 Å². The zero-order chi connectivity index (χ0) is 19.8. The lowest BCUT2D eigenvalue weighted by atomic mass is 10.1. The summed E-state index contributed by atoms with van der Waals surface area (Å²) < 4.78 is 7.63. The first-order valence-electron chi connectivity index (χ1n) is 9.20. The molecule has 0 spiro atoms. The largest absolute Gasteiger partial charge is 0.436 e. The molecule has 7 heteroatoms. The third-order valence-electron chi connectivity index (χ3n) is 4.77. The fourth-order valence-electron chi connectivity index (χ4n) is 3.19. The molecule has 0 saturated carbocycles. The fourth-order valence-corrected chi connectivity index (χ4v) is 3.19. The normalized spacial score (nSPS) is 11.2. The van der Waals surface area contributed by atoms with Gasteiger partial charge in [-0.05, 0) is 36.2 Å². The van der Waals surface area contributed by atoms with Crippen molar-refractivity contribution in [2.75, 3.05) is 0 Å². The Hall–Kier alpha value is -4.00. The number of aromatic nitrogens is 4. The number of nitrogens with zero attached hydrogens (tertiary/aromatic N) is 4. The quantitative estimate of drug-likeness (QED) is 0.510. The Labute approximate surface area is 166 Å². The predicted octanol–water partition coefficient (Wildman–Crippen LogP) is 3.78.